The van der Waals surface area contributed by atoms with Crippen LogP contribution in [0.25, 0.3) is 5.65 Å². The molecule has 1 N–H and O–H groups in total. The van der Waals surface area contributed by atoms with Crippen molar-refractivity contribution in [3.8, 4) is 0 Å². The number of aromatic nitrogens is 4. The Morgan fingerprint density at radius 1 is 1.22 bits per heavy atom. The van der Waals surface area contributed by atoms with E-state index in [1.165, 1.54) is 0 Å². The number of rotatable bonds is 5. The van der Waals surface area contributed by atoms with Crippen LogP contribution in [0.4, 0.5) is 5.82 Å². The van der Waals surface area contributed by atoms with E-state index in [0.29, 0.717) is 18.5 Å². The highest BCUT2D eigenvalue weighted by atomic mass is 16.1. The van der Waals surface area contributed by atoms with Crippen LogP contribution in [0.2, 0.25) is 0 Å². The molecule has 0 aliphatic carbocycles. The highest BCUT2D eigenvalue weighted by molar-refractivity contribution is 5.94. The Morgan fingerprint density at radius 3 is 2.83 bits per heavy atom. The molecule has 7 nitrogen and oxygen atoms in total. The standard InChI is InChI=1S/C16H18N6O/c1-21(2)13-7-6-12(11-18-13)16(23)17-9-8-15-20-19-14-5-3-4-10-22(14)15/h3-7,10-11H,8-9H2,1-2H3,(H,17,23). The van der Waals surface area contributed by atoms with Gasteiger partial charge in [-0.25, -0.2) is 4.98 Å². The Labute approximate surface area is 134 Å². The smallest absolute Gasteiger partial charge is 0.252 e. The van der Waals surface area contributed by atoms with Gasteiger partial charge in [0.05, 0.1) is 5.56 Å². The lowest BCUT2D eigenvalue weighted by atomic mass is 10.2. The molecule has 0 saturated heterocycles. The second-order valence-electron chi connectivity index (χ2n) is 5.35. The summed E-state index contributed by atoms with van der Waals surface area (Å²) in [5.41, 5.74) is 1.35. The van der Waals surface area contributed by atoms with E-state index in [-0.39, 0.29) is 5.91 Å². The van der Waals surface area contributed by atoms with Gasteiger partial charge in [0.1, 0.15) is 11.6 Å². The number of nitrogens with one attached hydrogen (secondary N) is 1. The highest BCUT2D eigenvalue weighted by Gasteiger charge is 2.08. The van der Waals surface area contributed by atoms with Crippen LogP contribution in [0.5, 0.6) is 0 Å². The average molecular weight is 310 g/mol. The predicted octanol–water partition coefficient (Wildman–Crippen LogP) is 1.16. The molecule has 0 spiro atoms. The third kappa shape index (κ3) is 3.28. The fourth-order valence-corrected chi connectivity index (χ4v) is 2.24. The zero-order chi connectivity index (χ0) is 16.2. The van der Waals surface area contributed by atoms with E-state index in [1.807, 2.05) is 53.9 Å². The Bertz CT molecular complexity index is 809. The fourth-order valence-electron chi connectivity index (χ4n) is 2.24. The maximum absolute atomic E-state index is 12.1. The van der Waals surface area contributed by atoms with Gasteiger partial charge in [-0.05, 0) is 24.3 Å². The molecule has 3 aromatic rings. The van der Waals surface area contributed by atoms with Gasteiger partial charge in [0, 0.05) is 39.5 Å². The monoisotopic (exact) mass is 310 g/mol. The number of nitrogens with zero attached hydrogens (tertiary/aromatic N) is 5. The minimum absolute atomic E-state index is 0.142. The summed E-state index contributed by atoms with van der Waals surface area (Å²) in [5, 5.41) is 11.1. The quantitative estimate of drug-likeness (QED) is 0.765. The first-order valence-corrected chi connectivity index (χ1v) is 7.35. The van der Waals surface area contributed by atoms with Crippen LogP contribution in [-0.4, -0.2) is 46.1 Å². The molecule has 23 heavy (non-hydrogen) atoms. The van der Waals surface area contributed by atoms with Gasteiger partial charge in [0.25, 0.3) is 5.91 Å². The van der Waals surface area contributed by atoms with Crippen molar-refractivity contribution in [3.05, 3.63) is 54.1 Å². The van der Waals surface area contributed by atoms with E-state index >= 15 is 0 Å². The zero-order valence-electron chi connectivity index (χ0n) is 13.1. The molecule has 0 aliphatic rings. The number of amides is 1. The highest BCUT2D eigenvalue weighted by Crippen LogP contribution is 2.08. The van der Waals surface area contributed by atoms with E-state index in [4.69, 9.17) is 0 Å². The molecule has 0 atom stereocenters. The van der Waals surface area contributed by atoms with Gasteiger partial charge in [-0.15, -0.1) is 10.2 Å². The largest absolute Gasteiger partial charge is 0.363 e. The summed E-state index contributed by atoms with van der Waals surface area (Å²) in [5.74, 6) is 1.50. The molecular formula is C16H18N6O. The van der Waals surface area contributed by atoms with E-state index in [0.717, 1.165) is 17.3 Å². The Morgan fingerprint density at radius 2 is 2.09 bits per heavy atom. The number of carbonyl (C=O) groups excluding carboxylic acids is 1. The molecule has 0 unspecified atom stereocenters. The molecule has 1 amide bonds. The Balaban J connectivity index is 1.59. The van der Waals surface area contributed by atoms with Crippen molar-refractivity contribution in [1.82, 2.24) is 24.9 Å². The third-order valence-corrected chi connectivity index (χ3v) is 3.49. The third-order valence-electron chi connectivity index (χ3n) is 3.49. The van der Waals surface area contributed by atoms with E-state index in [1.54, 1.807) is 12.3 Å². The van der Waals surface area contributed by atoms with Gasteiger partial charge in [-0.2, -0.15) is 0 Å². The molecule has 0 radical (unpaired) electrons. The Hall–Kier alpha value is -2.96. The second-order valence-corrected chi connectivity index (χ2v) is 5.35. The number of hydrogen-bond acceptors (Lipinski definition) is 5. The molecule has 7 heteroatoms. The molecular weight excluding hydrogens is 292 g/mol. The van der Waals surface area contributed by atoms with Crippen molar-refractivity contribution < 1.29 is 4.79 Å². The van der Waals surface area contributed by atoms with Gasteiger partial charge in [0.15, 0.2) is 5.65 Å². The van der Waals surface area contributed by atoms with Crippen molar-refractivity contribution in [3.63, 3.8) is 0 Å². The van der Waals surface area contributed by atoms with E-state index < -0.39 is 0 Å². The van der Waals surface area contributed by atoms with E-state index in [9.17, 15) is 4.79 Å². The molecule has 0 aliphatic heterocycles. The number of anilines is 1. The predicted molar refractivity (Wildman–Crippen MR) is 87.6 cm³/mol. The molecule has 0 bridgehead atoms. The lowest BCUT2D eigenvalue weighted by Crippen LogP contribution is -2.26. The van der Waals surface area contributed by atoms with Crippen molar-refractivity contribution in [2.75, 3.05) is 25.5 Å². The van der Waals surface area contributed by atoms with Crippen LogP contribution in [0.15, 0.2) is 42.7 Å². The fraction of sp³-hybridized carbons (Fsp3) is 0.250. The van der Waals surface area contributed by atoms with Crippen LogP contribution in [0, 0.1) is 0 Å². The van der Waals surface area contributed by atoms with Crippen LogP contribution in [0.3, 0.4) is 0 Å². The summed E-state index contributed by atoms with van der Waals surface area (Å²) in [6.45, 7) is 0.490. The molecule has 0 aromatic carbocycles. The molecule has 0 fully saturated rings. The van der Waals surface area contributed by atoms with Crippen LogP contribution in [0.1, 0.15) is 16.2 Å². The summed E-state index contributed by atoms with van der Waals surface area (Å²) in [6.07, 6.45) is 4.10. The summed E-state index contributed by atoms with van der Waals surface area (Å²) >= 11 is 0. The normalized spacial score (nSPS) is 10.7. The lowest BCUT2D eigenvalue weighted by Gasteiger charge is -2.11. The van der Waals surface area contributed by atoms with Crippen molar-refractivity contribution in [2.24, 2.45) is 0 Å². The maximum atomic E-state index is 12.1. The molecule has 3 rings (SSSR count). The Kier molecular flexibility index (Phi) is 4.18. The summed E-state index contributed by atoms with van der Waals surface area (Å²) in [4.78, 5) is 18.2. The van der Waals surface area contributed by atoms with Gasteiger partial charge in [0.2, 0.25) is 0 Å². The summed E-state index contributed by atoms with van der Waals surface area (Å²) < 4.78 is 1.92. The molecule has 3 aromatic heterocycles. The zero-order valence-corrected chi connectivity index (χ0v) is 13.1. The average Bonchev–Trinajstić information content (AvgIpc) is 2.98. The maximum Gasteiger partial charge on any atom is 0.252 e. The van der Waals surface area contributed by atoms with Crippen LogP contribution in [-0.2, 0) is 6.42 Å². The minimum atomic E-state index is -0.142. The molecule has 0 saturated carbocycles. The minimum Gasteiger partial charge on any atom is -0.363 e. The van der Waals surface area contributed by atoms with Gasteiger partial charge < -0.3 is 10.2 Å². The molecule has 3 heterocycles. The van der Waals surface area contributed by atoms with Gasteiger partial charge in [-0.1, -0.05) is 6.07 Å². The number of pyridine rings is 2. The van der Waals surface area contributed by atoms with Crippen LogP contribution >= 0.6 is 0 Å². The van der Waals surface area contributed by atoms with Crippen molar-refractivity contribution in [1.29, 1.82) is 0 Å². The molecule has 118 valence electrons. The first kappa shape index (κ1) is 15.0. The van der Waals surface area contributed by atoms with Crippen molar-refractivity contribution >= 4 is 17.4 Å². The van der Waals surface area contributed by atoms with Gasteiger partial charge in [-0.3, -0.25) is 9.20 Å². The van der Waals surface area contributed by atoms with E-state index in [2.05, 4.69) is 20.5 Å². The second kappa shape index (κ2) is 6.43. The topological polar surface area (TPSA) is 75.4 Å². The summed E-state index contributed by atoms with van der Waals surface area (Å²) in [7, 11) is 3.82. The number of fused-ring (bicyclic) bond motifs is 1. The van der Waals surface area contributed by atoms with Crippen LogP contribution < -0.4 is 10.2 Å². The number of carbonyl (C=O) groups is 1. The first-order chi connectivity index (χ1) is 11.1. The summed E-state index contributed by atoms with van der Waals surface area (Å²) in [6, 6.07) is 9.33. The van der Waals surface area contributed by atoms with Crippen molar-refractivity contribution in [2.45, 2.75) is 6.42 Å². The first-order valence-electron chi connectivity index (χ1n) is 7.35. The van der Waals surface area contributed by atoms with Gasteiger partial charge >= 0.3 is 0 Å². The SMILES string of the molecule is CN(C)c1ccc(C(=O)NCCc2nnc3ccccn23)cn1. The lowest BCUT2D eigenvalue weighted by molar-refractivity contribution is 0.0953. The number of hydrogen-bond donors (Lipinski definition) is 1.